The monoisotopic (exact) mass is 274 g/mol. The lowest BCUT2D eigenvalue weighted by atomic mass is 10.2. The Bertz CT molecular complexity index is 581. The molecule has 0 aliphatic rings. The van der Waals surface area contributed by atoms with Crippen molar-refractivity contribution in [3.63, 3.8) is 0 Å². The molecule has 0 atom stereocenters. The van der Waals surface area contributed by atoms with Crippen LogP contribution < -0.4 is 11.1 Å². The van der Waals surface area contributed by atoms with Gasteiger partial charge in [-0.15, -0.1) is 0 Å². The first-order valence-corrected chi connectivity index (χ1v) is 6.65. The van der Waals surface area contributed by atoms with Crippen molar-refractivity contribution in [2.75, 3.05) is 11.6 Å². The first-order chi connectivity index (χ1) is 7.70. The quantitative estimate of drug-likeness (QED) is 0.686. The molecule has 1 aromatic carbocycles. The van der Waals surface area contributed by atoms with Crippen LogP contribution >= 0.6 is 12.2 Å². The molecule has 1 rings (SSSR count). The molecule has 0 amide bonds. The smallest absolute Gasteiger partial charge is 0.335 e. The average molecular weight is 274 g/mol. The molecule has 0 unspecified atom stereocenters. The number of nitrogens with one attached hydrogen (secondary N) is 1. The van der Waals surface area contributed by atoms with E-state index < -0.39 is 15.8 Å². The Hall–Kier alpha value is -1.67. The first kappa shape index (κ1) is 13.4. The van der Waals surface area contributed by atoms with E-state index >= 15 is 0 Å². The summed E-state index contributed by atoms with van der Waals surface area (Å²) in [5.41, 5.74) is 5.29. The molecular weight excluding hydrogens is 264 g/mol. The van der Waals surface area contributed by atoms with Crippen LogP contribution in [-0.4, -0.2) is 30.9 Å². The summed E-state index contributed by atoms with van der Waals surface area (Å²) < 4.78 is 22.7. The van der Waals surface area contributed by atoms with Crippen molar-refractivity contribution in [1.82, 2.24) is 0 Å². The largest absolute Gasteiger partial charge is 0.478 e. The molecule has 92 valence electrons. The number of aromatic carboxylic acids is 1. The van der Waals surface area contributed by atoms with E-state index in [1.54, 1.807) is 0 Å². The van der Waals surface area contributed by atoms with Crippen molar-refractivity contribution < 1.29 is 18.3 Å². The van der Waals surface area contributed by atoms with Gasteiger partial charge < -0.3 is 16.2 Å². The second-order valence-electron chi connectivity index (χ2n) is 3.31. The van der Waals surface area contributed by atoms with Crippen LogP contribution in [0.4, 0.5) is 5.69 Å². The number of carboxylic acid groups (broad SMARTS) is 1. The molecule has 17 heavy (non-hydrogen) atoms. The predicted octanol–water partition coefficient (Wildman–Crippen LogP) is 0.444. The molecular formula is C9H10N2O4S2. The summed E-state index contributed by atoms with van der Waals surface area (Å²) in [6, 6.07) is 3.58. The molecule has 0 aromatic heterocycles. The molecule has 0 saturated carbocycles. The van der Waals surface area contributed by atoms with E-state index in [1.807, 2.05) is 0 Å². The molecule has 0 aliphatic heterocycles. The lowest BCUT2D eigenvalue weighted by Gasteiger charge is -2.07. The lowest BCUT2D eigenvalue weighted by Crippen LogP contribution is -2.19. The fourth-order valence-corrected chi connectivity index (χ4v) is 1.95. The zero-order valence-corrected chi connectivity index (χ0v) is 10.4. The molecule has 0 fully saturated rings. The van der Waals surface area contributed by atoms with E-state index in [9.17, 15) is 13.2 Å². The van der Waals surface area contributed by atoms with Crippen LogP contribution in [0.5, 0.6) is 0 Å². The maximum absolute atomic E-state index is 11.4. The zero-order chi connectivity index (χ0) is 13.2. The first-order valence-electron chi connectivity index (χ1n) is 4.35. The third-order valence-corrected chi connectivity index (χ3v) is 3.04. The highest BCUT2D eigenvalue weighted by Crippen LogP contribution is 2.19. The number of anilines is 1. The maximum Gasteiger partial charge on any atom is 0.335 e. The fraction of sp³-hybridized carbons (Fsp3) is 0.111. The van der Waals surface area contributed by atoms with Gasteiger partial charge in [0.2, 0.25) is 0 Å². The van der Waals surface area contributed by atoms with Gasteiger partial charge in [0.25, 0.3) is 0 Å². The van der Waals surface area contributed by atoms with E-state index in [4.69, 9.17) is 10.8 Å². The number of rotatable bonds is 3. The van der Waals surface area contributed by atoms with E-state index in [-0.39, 0.29) is 21.3 Å². The van der Waals surface area contributed by atoms with Gasteiger partial charge in [0.15, 0.2) is 14.9 Å². The molecule has 0 aliphatic carbocycles. The van der Waals surface area contributed by atoms with Crippen LogP contribution in [0, 0.1) is 0 Å². The van der Waals surface area contributed by atoms with E-state index in [0.717, 1.165) is 12.3 Å². The van der Waals surface area contributed by atoms with Crippen molar-refractivity contribution >= 4 is 38.8 Å². The topological polar surface area (TPSA) is 109 Å². The number of benzene rings is 1. The van der Waals surface area contributed by atoms with Gasteiger partial charge in [-0.2, -0.15) is 0 Å². The summed E-state index contributed by atoms with van der Waals surface area (Å²) in [4.78, 5) is 10.7. The Morgan fingerprint density at radius 2 is 2.00 bits per heavy atom. The minimum Gasteiger partial charge on any atom is -0.478 e. The van der Waals surface area contributed by atoms with Crippen LogP contribution in [0.3, 0.4) is 0 Å². The molecule has 6 nitrogen and oxygen atoms in total. The Balaban J connectivity index is 3.39. The molecule has 0 bridgehead atoms. The zero-order valence-electron chi connectivity index (χ0n) is 8.80. The summed E-state index contributed by atoms with van der Waals surface area (Å²) in [5.74, 6) is -1.23. The molecule has 1 aromatic rings. The number of hydrogen-bond donors (Lipinski definition) is 3. The Labute approximate surface area is 103 Å². The standard InChI is InChI=1S/C9H10N2O4S2/c1-17(14,15)7-3-5(8(12)13)2-6(4-7)11-9(10)16/h2-4H,1H3,(H,12,13)(H3,10,11,16). The minimum atomic E-state index is -3.50. The van der Waals surface area contributed by atoms with Crippen LogP contribution in [-0.2, 0) is 9.84 Å². The second kappa shape index (κ2) is 4.68. The molecule has 8 heteroatoms. The summed E-state index contributed by atoms with van der Waals surface area (Å²) in [6.45, 7) is 0. The number of nitrogens with two attached hydrogens (primary N) is 1. The van der Waals surface area contributed by atoms with Crippen molar-refractivity contribution in [1.29, 1.82) is 0 Å². The van der Waals surface area contributed by atoms with Crippen LogP contribution in [0.25, 0.3) is 0 Å². The molecule has 0 saturated heterocycles. The summed E-state index contributed by atoms with van der Waals surface area (Å²) in [6.07, 6.45) is 0.985. The summed E-state index contributed by atoms with van der Waals surface area (Å²) in [7, 11) is -3.50. The van der Waals surface area contributed by atoms with E-state index in [0.29, 0.717) is 0 Å². The summed E-state index contributed by atoms with van der Waals surface area (Å²) in [5, 5.41) is 11.3. The van der Waals surface area contributed by atoms with E-state index in [2.05, 4.69) is 17.5 Å². The Morgan fingerprint density at radius 3 is 2.41 bits per heavy atom. The Morgan fingerprint density at radius 1 is 1.41 bits per heavy atom. The SMILES string of the molecule is CS(=O)(=O)c1cc(NC(N)=S)cc(C(=O)O)c1. The lowest BCUT2D eigenvalue weighted by molar-refractivity contribution is 0.0696. The van der Waals surface area contributed by atoms with Crippen molar-refractivity contribution in [2.45, 2.75) is 4.90 Å². The Kier molecular flexibility index (Phi) is 3.69. The summed E-state index contributed by atoms with van der Waals surface area (Å²) >= 11 is 4.59. The van der Waals surface area contributed by atoms with Crippen LogP contribution in [0.1, 0.15) is 10.4 Å². The highest BCUT2D eigenvalue weighted by atomic mass is 32.2. The van der Waals surface area contributed by atoms with Crippen molar-refractivity contribution in [2.24, 2.45) is 5.73 Å². The average Bonchev–Trinajstić information content (AvgIpc) is 2.14. The second-order valence-corrected chi connectivity index (χ2v) is 5.77. The van der Waals surface area contributed by atoms with Gasteiger partial charge in [-0.05, 0) is 30.4 Å². The number of thiocarbonyl (C=S) groups is 1. The molecule has 0 heterocycles. The third-order valence-electron chi connectivity index (χ3n) is 1.85. The van der Waals surface area contributed by atoms with Gasteiger partial charge >= 0.3 is 5.97 Å². The number of carbonyl (C=O) groups is 1. The molecule has 4 N–H and O–H groups in total. The highest BCUT2D eigenvalue weighted by molar-refractivity contribution is 7.90. The third kappa shape index (κ3) is 3.68. The molecule has 0 spiro atoms. The van der Waals surface area contributed by atoms with Gasteiger partial charge in [0.05, 0.1) is 10.5 Å². The normalized spacial score (nSPS) is 10.9. The maximum atomic E-state index is 11.4. The number of sulfone groups is 1. The number of carboxylic acids is 1. The van der Waals surface area contributed by atoms with Gasteiger partial charge in [-0.3, -0.25) is 0 Å². The van der Waals surface area contributed by atoms with Gasteiger partial charge in [-0.25, -0.2) is 13.2 Å². The van der Waals surface area contributed by atoms with E-state index in [1.165, 1.54) is 12.1 Å². The van der Waals surface area contributed by atoms with Gasteiger partial charge in [-0.1, -0.05) is 0 Å². The van der Waals surface area contributed by atoms with Crippen molar-refractivity contribution in [3.8, 4) is 0 Å². The molecule has 0 radical (unpaired) electrons. The fourth-order valence-electron chi connectivity index (χ4n) is 1.15. The van der Waals surface area contributed by atoms with Crippen molar-refractivity contribution in [3.05, 3.63) is 23.8 Å². The van der Waals surface area contributed by atoms with Gasteiger partial charge in [0.1, 0.15) is 0 Å². The van der Waals surface area contributed by atoms with Crippen LogP contribution in [0.2, 0.25) is 0 Å². The number of hydrogen-bond acceptors (Lipinski definition) is 4. The van der Waals surface area contributed by atoms with Crippen LogP contribution in [0.15, 0.2) is 23.1 Å². The minimum absolute atomic E-state index is 0.0769. The highest BCUT2D eigenvalue weighted by Gasteiger charge is 2.13. The predicted molar refractivity (Wildman–Crippen MR) is 66.9 cm³/mol. The van der Waals surface area contributed by atoms with Gasteiger partial charge in [0, 0.05) is 11.9 Å².